The highest BCUT2D eigenvalue weighted by atomic mass is 35.5. The van der Waals surface area contributed by atoms with Crippen molar-refractivity contribution >= 4 is 35.1 Å². The van der Waals surface area contributed by atoms with Crippen LogP contribution in [0.5, 0.6) is 0 Å². The second-order valence-corrected chi connectivity index (χ2v) is 8.60. The number of anilines is 2. The molecule has 0 bridgehead atoms. The molecule has 10 heteroatoms. The number of amides is 2. The van der Waals surface area contributed by atoms with Gasteiger partial charge in [0, 0.05) is 36.9 Å². The van der Waals surface area contributed by atoms with E-state index in [9.17, 15) is 9.59 Å². The molecule has 0 spiro atoms. The van der Waals surface area contributed by atoms with Crippen molar-refractivity contribution in [2.24, 2.45) is 0 Å². The first-order valence-corrected chi connectivity index (χ1v) is 11.0. The van der Waals surface area contributed by atoms with E-state index in [1.807, 2.05) is 30.5 Å². The number of hydrogen-bond acceptors (Lipinski definition) is 6. The van der Waals surface area contributed by atoms with E-state index in [2.05, 4.69) is 15.0 Å². The maximum Gasteiger partial charge on any atom is 0.409 e. The fourth-order valence-corrected chi connectivity index (χ4v) is 4.42. The van der Waals surface area contributed by atoms with E-state index < -0.39 is 0 Å². The van der Waals surface area contributed by atoms with Gasteiger partial charge in [0.05, 0.1) is 37.3 Å². The molecule has 1 aromatic carbocycles. The van der Waals surface area contributed by atoms with Gasteiger partial charge in [0.1, 0.15) is 5.82 Å². The fraction of sp³-hybridized carbons (Fsp3) is 0.304. The Morgan fingerprint density at radius 3 is 2.61 bits per heavy atom. The van der Waals surface area contributed by atoms with E-state index in [-0.39, 0.29) is 18.0 Å². The number of benzene rings is 1. The number of pyridine rings is 1. The molecule has 5 rings (SSSR count). The Morgan fingerprint density at radius 1 is 1.18 bits per heavy atom. The maximum absolute atomic E-state index is 13.0. The van der Waals surface area contributed by atoms with E-state index >= 15 is 0 Å². The number of rotatable bonds is 4. The standard InChI is InChI=1S/C23H23ClN6O3/c1-27(23(32)33-2)19-9-10-28(14-19)20-8-7-18(11-25-20)29-12-15-13-30(26-21(15)22(29)31)17-5-3-16(24)4-6-17/h3-8,11,13,19H,9-10,12,14H2,1-2H3/t19-/m0/s1. The van der Waals surface area contributed by atoms with Crippen LogP contribution in [0.2, 0.25) is 5.02 Å². The van der Waals surface area contributed by atoms with E-state index in [4.69, 9.17) is 16.3 Å². The number of fused-ring (bicyclic) bond motifs is 1. The van der Waals surface area contributed by atoms with Crippen LogP contribution in [0.1, 0.15) is 22.5 Å². The summed E-state index contributed by atoms with van der Waals surface area (Å²) in [6, 6.07) is 11.2. The molecule has 0 N–H and O–H groups in total. The van der Waals surface area contributed by atoms with Gasteiger partial charge in [-0.15, -0.1) is 0 Å². The smallest absolute Gasteiger partial charge is 0.409 e. The third-order valence-electron chi connectivity index (χ3n) is 6.20. The van der Waals surface area contributed by atoms with Crippen LogP contribution < -0.4 is 9.80 Å². The molecular weight excluding hydrogens is 444 g/mol. The topological polar surface area (TPSA) is 83.8 Å². The molecule has 0 aliphatic carbocycles. The largest absolute Gasteiger partial charge is 0.453 e. The van der Waals surface area contributed by atoms with Crippen molar-refractivity contribution in [2.45, 2.75) is 19.0 Å². The van der Waals surface area contributed by atoms with Gasteiger partial charge in [0.25, 0.3) is 5.91 Å². The van der Waals surface area contributed by atoms with Gasteiger partial charge in [0.2, 0.25) is 0 Å². The van der Waals surface area contributed by atoms with Crippen molar-refractivity contribution in [3.8, 4) is 5.69 Å². The summed E-state index contributed by atoms with van der Waals surface area (Å²) in [5.74, 6) is 0.671. The minimum Gasteiger partial charge on any atom is -0.453 e. The monoisotopic (exact) mass is 466 g/mol. The van der Waals surface area contributed by atoms with Crippen LogP contribution in [0, 0.1) is 0 Å². The normalized spacial score (nSPS) is 17.4. The van der Waals surface area contributed by atoms with Gasteiger partial charge < -0.3 is 19.4 Å². The summed E-state index contributed by atoms with van der Waals surface area (Å²) in [5.41, 5.74) is 2.89. The van der Waals surface area contributed by atoms with Gasteiger partial charge in [0.15, 0.2) is 5.69 Å². The maximum atomic E-state index is 13.0. The van der Waals surface area contributed by atoms with Crippen molar-refractivity contribution in [3.63, 3.8) is 0 Å². The Bertz CT molecular complexity index is 1190. The molecule has 170 valence electrons. The molecule has 2 aromatic heterocycles. The molecule has 3 aromatic rings. The molecule has 0 saturated carbocycles. The first-order chi connectivity index (χ1) is 15.9. The number of likely N-dealkylation sites (N-methyl/N-ethyl adjacent to an activating group) is 1. The van der Waals surface area contributed by atoms with Crippen molar-refractivity contribution in [1.29, 1.82) is 0 Å². The van der Waals surface area contributed by atoms with Crippen LogP contribution in [0.25, 0.3) is 5.69 Å². The molecule has 1 saturated heterocycles. The van der Waals surface area contributed by atoms with E-state index in [1.54, 1.807) is 39.9 Å². The van der Waals surface area contributed by atoms with Crippen LogP contribution in [-0.4, -0.2) is 65.0 Å². The quantitative estimate of drug-likeness (QED) is 0.586. The average molecular weight is 467 g/mol. The molecule has 1 atom stereocenters. The first kappa shape index (κ1) is 21.3. The lowest BCUT2D eigenvalue weighted by molar-refractivity contribution is 0.0991. The predicted molar refractivity (Wildman–Crippen MR) is 124 cm³/mol. The molecule has 1 fully saturated rings. The number of aromatic nitrogens is 3. The van der Waals surface area contributed by atoms with Gasteiger partial charge in [-0.25, -0.2) is 14.5 Å². The minimum absolute atomic E-state index is 0.0759. The van der Waals surface area contributed by atoms with E-state index in [1.165, 1.54) is 7.11 Å². The van der Waals surface area contributed by atoms with Crippen LogP contribution >= 0.6 is 11.6 Å². The van der Waals surface area contributed by atoms with Crippen LogP contribution in [0.3, 0.4) is 0 Å². The zero-order chi connectivity index (χ0) is 23.1. The average Bonchev–Trinajstić information content (AvgIpc) is 3.55. The third-order valence-corrected chi connectivity index (χ3v) is 6.45. The van der Waals surface area contributed by atoms with Gasteiger partial charge >= 0.3 is 6.09 Å². The highest BCUT2D eigenvalue weighted by Crippen LogP contribution is 2.30. The van der Waals surface area contributed by atoms with Gasteiger partial charge in [-0.1, -0.05) is 11.6 Å². The lowest BCUT2D eigenvalue weighted by atomic mass is 10.2. The Morgan fingerprint density at radius 2 is 1.94 bits per heavy atom. The Labute approximate surface area is 196 Å². The van der Waals surface area contributed by atoms with Crippen molar-refractivity contribution in [2.75, 3.05) is 37.0 Å². The van der Waals surface area contributed by atoms with E-state index in [0.717, 1.165) is 35.7 Å². The SMILES string of the molecule is COC(=O)N(C)[C@H]1CCN(c2ccc(N3Cc4cn(-c5ccc(Cl)cc5)nc4C3=O)cn2)C1. The summed E-state index contributed by atoms with van der Waals surface area (Å²) in [4.78, 5) is 34.8. The first-order valence-electron chi connectivity index (χ1n) is 10.6. The summed E-state index contributed by atoms with van der Waals surface area (Å²) in [6.07, 6.45) is 4.09. The number of carbonyl (C=O) groups excluding carboxylic acids is 2. The van der Waals surface area contributed by atoms with Gasteiger partial charge in [-0.3, -0.25) is 4.79 Å². The Hall–Kier alpha value is -3.59. The van der Waals surface area contributed by atoms with Crippen molar-refractivity contribution < 1.29 is 14.3 Å². The molecule has 0 unspecified atom stereocenters. The third kappa shape index (κ3) is 3.89. The Balaban J connectivity index is 1.27. The zero-order valence-electron chi connectivity index (χ0n) is 18.3. The summed E-state index contributed by atoms with van der Waals surface area (Å²) >= 11 is 5.96. The molecule has 0 radical (unpaired) electrons. The number of hydrogen-bond donors (Lipinski definition) is 0. The predicted octanol–water partition coefficient (Wildman–Crippen LogP) is 3.36. The van der Waals surface area contributed by atoms with Crippen LogP contribution in [-0.2, 0) is 11.3 Å². The highest BCUT2D eigenvalue weighted by molar-refractivity contribution is 6.30. The molecular formula is C23H23ClN6O3. The number of ether oxygens (including phenoxy) is 1. The highest BCUT2D eigenvalue weighted by Gasteiger charge is 2.33. The van der Waals surface area contributed by atoms with Crippen molar-refractivity contribution in [1.82, 2.24) is 19.7 Å². The zero-order valence-corrected chi connectivity index (χ0v) is 19.1. The van der Waals surface area contributed by atoms with Crippen LogP contribution in [0.15, 0.2) is 48.8 Å². The minimum atomic E-state index is -0.338. The molecule has 9 nitrogen and oxygen atoms in total. The Kier molecular flexibility index (Phi) is 5.41. The van der Waals surface area contributed by atoms with Gasteiger partial charge in [-0.05, 0) is 42.8 Å². The molecule has 2 amide bonds. The number of halogens is 1. The van der Waals surface area contributed by atoms with Gasteiger partial charge in [-0.2, -0.15) is 5.10 Å². The molecule has 4 heterocycles. The lowest BCUT2D eigenvalue weighted by Crippen LogP contribution is -2.39. The molecule has 33 heavy (non-hydrogen) atoms. The number of methoxy groups -OCH3 is 1. The molecule has 2 aliphatic rings. The summed E-state index contributed by atoms with van der Waals surface area (Å²) in [5, 5.41) is 5.13. The lowest BCUT2D eigenvalue weighted by Gasteiger charge is -2.24. The summed E-state index contributed by atoms with van der Waals surface area (Å²) < 4.78 is 6.51. The fourth-order valence-electron chi connectivity index (χ4n) is 4.29. The van der Waals surface area contributed by atoms with E-state index in [0.29, 0.717) is 23.8 Å². The second kappa shape index (κ2) is 8.40. The number of carbonyl (C=O) groups is 2. The second-order valence-electron chi connectivity index (χ2n) is 8.16. The van der Waals surface area contributed by atoms with Crippen molar-refractivity contribution in [3.05, 3.63) is 65.1 Å². The summed E-state index contributed by atoms with van der Waals surface area (Å²) in [7, 11) is 3.13. The van der Waals surface area contributed by atoms with Crippen LogP contribution in [0.4, 0.5) is 16.3 Å². The summed E-state index contributed by atoms with van der Waals surface area (Å²) in [6.45, 7) is 1.93. The molecule has 2 aliphatic heterocycles. The number of nitrogens with zero attached hydrogens (tertiary/aromatic N) is 6.